The van der Waals surface area contributed by atoms with Crippen molar-refractivity contribution < 1.29 is 18.0 Å². The number of halogens is 1. The maximum absolute atomic E-state index is 12.0. The summed E-state index contributed by atoms with van der Waals surface area (Å²) in [5.41, 5.74) is 0.638. The molecule has 0 aromatic heterocycles. The molecule has 2 rings (SSSR count). The van der Waals surface area contributed by atoms with Crippen molar-refractivity contribution in [2.45, 2.75) is 18.6 Å². The largest absolute Gasteiger partial charge is 0.310 e. The summed E-state index contributed by atoms with van der Waals surface area (Å²) in [4.78, 5) is 24.8. The molecule has 0 saturated carbocycles. The molecule has 1 amide bonds. The topological polar surface area (TPSA) is 97.5 Å². The molecule has 1 heterocycles. The summed E-state index contributed by atoms with van der Waals surface area (Å²) >= 11 is 5.83. The molecule has 0 spiro atoms. The molecule has 0 radical (unpaired) electrons. The summed E-state index contributed by atoms with van der Waals surface area (Å²) in [5.74, 6) is -0.636. The van der Waals surface area contributed by atoms with E-state index >= 15 is 0 Å². The van der Waals surface area contributed by atoms with Crippen molar-refractivity contribution in [2.24, 2.45) is 5.14 Å². The Bertz CT molecular complexity index is 687. The fourth-order valence-electron chi connectivity index (χ4n) is 2.15. The van der Waals surface area contributed by atoms with Crippen LogP contribution in [0.25, 0.3) is 0 Å². The Morgan fingerprint density at radius 1 is 1.45 bits per heavy atom. The summed E-state index contributed by atoms with van der Waals surface area (Å²) in [6, 6.07) is 4.53. The van der Waals surface area contributed by atoms with Crippen LogP contribution in [-0.2, 0) is 14.8 Å². The minimum absolute atomic E-state index is 0.0560. The number of primary sulfonamides is 1. The Balaban J connectivity index is 2.43. The van der Waals surface area contributed by atoms with Gasteiger partial charge in [-0.25, -0.2) is 13.6 Å². The summed E-state index contributed by atoms with van der Waals surface area (Å²) in [5, 5.41) is 4.49. The van der Waals surface area contributed by atoms with Crippen molar-refractivity contribution in [3.63, 3.8) is 0 Å². The summed E-state index contributed by atoms with van der Waals surface area (Å²) < 4.78 is 22.7. The van der Waals surface area contributed by atoms with Gasteiger partial charge in [0.15, 0.2) is 5.78 Å². The highest BCUT2D eigenvalue weighted by atomic mass is 35.5. The molecule has 8 heteroatoms. The van der Waals surface area contributed by atoms with Crippen LogP contribution in [0.4, 0.5) is 5.69 Å². The number of ketones is 1. The minimum atomic E-state index is -3.79. The van der Waals surface area contributed by atoms with E-state index in [4.69, 9.17) is 16.7 Å². The van der Waals surface area contributed by atoms with Crippen LogP contribution in [0, 0.1) is 0 Å². The van der Waals surface area contributed by atoms with Crippen LogP contribution in [0.3, 0.4) is 0 Å². The highest BCUT2D eigenvalue weighted by Gasteiger charge is 2.38. The number of benzene rings is 1. The molecule has 0 bridgehead atoms. The molecular formula is C12H13ClN2O4S. The molecule has 6 nitrogen and oxygen atoms in total. The Kier molecular flexibility index (Phi) is 3.86. The number of nitrogens with two attached hydrogens (primary N) is 1. The minimum Gasteiger partial charge on any atom is -0.310 e. The van der Waals surface area contributed by atoms with E-state index in [0.717, 1.165) is 0 Å². The normalized spacial score (nSPS) is 19.4. The van der Waals surface area contributed by atoms with Gasteiger partial charge in [0.25, 0.3) is 0 Å². The van der Waals surface area contributed by atoms with Crippen LogP contribution in [0.5, 0.6) is 0 Å². The van der Waals surface area contributed by atoms with E-state index < -0.39 is 15.3 Å². The van der Waals surface area contributed by atoms with E-state index in [9.17, 15) is 18.0 Å². The van der Waals surface area contributed by atoms with Gasteiger partial charge in [-0.1, -0.05) is 11.6 Å². The van der Waals surface area contributed by atoms with Gasteiger partial charge in [-0.3, -0.25) is 9.59 Å². The first-order chi connectivity index (χ1) is 9.20. The molecule has 1 aliphatic heterocycles. The van der Waals surface area contributed by atoms with E-state index in [1.807, 2.05) is 0 Å². The van der Waals surface area contributed by atoms with E-state index in [-0.39, 0.29) is 30.2 Å². The number of amides is 1. The molecule has 20 heavy (non-hydrogen) atoms. The molecule has 1 fully saturated rings. The first-order valence-electron chi connectivity index (χ1n) is 5.82. The molecule has 1 aromatic rings. The number of sulfonamides is 1. The SMILES string of the molecule is CC(=O)c1cc(Cl)ccc1N1CC(S(N)(=O)=O)CC1=O. The molecule has 108 valence electrons. The van der Waals surface area contributed by atoms with Crippen LogP contribution in [-0.4, -0.2) is 31.9 Å². The zero-order chi connectivity index (χ0) is 15.1. The van der Waals surface area contributed by atoms with Crippen molar-refractivity contribution >= 4 is 39.0 Å². The number of carbonyl (C=O) groups excluding carboxylic acids is 2. The zero-order valence-electron chi connectivity index (χ0n) is 10.7. The third kappa shape index (κ3) is 2.84. The monoisotopic (exact) mass is 316 g/mol. The smallest absolute Gasteiger partial charge is 0.228 e. The summed E-state index contributed by atoms with van der Waals surface area (Å²) in [6.45, 7) is 1.30. The molecule has 1 aliphatic rings. The lowest BCUT2D eigenvalue weighted by Gasteiger charge is -2.19. The number of rotatable bonds is 3. The first-order valence-corrected chi connectivity index (χ1v) is 7.81. The quantitative estimate of drug-likeness (QED) is 0.839. The van der Waals surface area contributed by atoms with Gasteiger partial charge < -0.3 is 4.90 Å². The van der Waals surface area contributed by atoms with Gasteiger partial charge in [-0.15, -0.1) is 0 Å². The molecule has 1 unspecified atom stereocenters. The van der Waals surface area contributed by atoms with Crippen molar-refractivity contribution in [3.8, 4) is 0 Å². The lowest BCUT2D eigenvalue weighted by atomic mass is 10.1. The predicted octanol–water partition coefficient (Wildman–Crippen LogP) is 0.936. The second-order valence-electron chi connectivity index (χ2n) is 4.64. The highest BCUT2D eigenvalue weighted by Crippen LogP contribution is 2.29. The van der Waals surface area contributed by atoms with Crippen LogP contribution >= 0.6 is 11.6 Å². The maximum Gasteiger partial charge on any atom is 0.228 e. The number of carbonyl (C=O) groups is 2. The second-order valence-corrected chi connectivity index (χ2v) is 6.92. The van der Waals surface area contributed by atoms with Crippen molar-refractivity contribution in [1.82, 2.24) is 0 Å². The first kappa shape index (κ1) is 15.0. The fourth-order valence-corrected chi connectivity index (χ4v) is 3.06. The van der Waals surface area contributed by atoms with E-state index in [1.54, 1.807) is 6.07 Å². The fraction of sp³-hybridized carbons (Fsp3) is 0.333. The standard InChI is InChI=1S/C12H13ClN2O4S/c1-7(16)10-4-8(13)2-3-11(10)15-6-9(5-12(15)17)20(14,18)19/h2-4,9H,5-6H2,1H3,(H2,14,18,19). The Hall–Kier alpha value is -1.44. The predicted molar refractivity (Wildman–Crippen MR) is 75.3 cm³/mol. The Labute approximate surface area is 121 Å². The number of nitrogens with zero attached hydrogens (tertiary/aromatic N) is 1. The van der Waals surface area contributed by atoms with Gasteiger partial charge in [-0.2, -0.15) is 0 Å². The highest BCUT2D eigenvalue weighted by molar-refractivity contribution is 7.89. The van der Waals surface area contributed by atoms with Crippen LogP contribution in [0.15, 0.2) is 18.2 Å². The lowest BCUT2D eigenvalue weighted by Crippen LogP contribution is -2.32. The number of hydrogen-bond donors (Lipinski definition) is 1. The van der Waals surface area contributed by atoms with Gasteiger partial charge in [-0.05, 0) is 25.1 Å². The van der Waals surface area contributed by atoms with Gasteiger partial charge in [0.05, 0.1) is 5.69 Å². The van der Waals surface area contributed by atoms with E-state index in [0.29, 0.717) is 10.7 Å². The van der Waals surface area contributed by atoms with Gasteiger partial charge in [0.1, 0.15) is 5.25 Å². The average Bonchev–Trinajstić information content (AvgIpc) is 2.71. The van der Waals surface area contributed by atoms with Gasteiger partial charge in [0.2, 0.25) is 15.9 Å². The number of hydrogen-bond acceptors (Lipinski definition) is 4. The Morgan fingerprint density at radius 3 is 2.60 bits per heavy atom. The summed E-state index contributed by atoms with van der Waals surface area (Å²) in [6.07, 6.45) is -0.182. The molecule has 1 aromatic carbocycles. The lowest BCUT2D eigenvalue weighted by molar-refractivity contribution is -0.117. The van der Waals surface area contributed by atoms with Crippen LogP contribution in [0.2, 0.25) is 5.02 Å². The number of Topliss-reactive ketones (excluding diaryl/α,β-unsaturated/α-hetero) is 1. The molecule has 2 N–H and O–H groups in total. The van der Waals surface area contributed by atoms with Crippen LogP contribution < -0.4 is 10.0 Å². The Morgan fingerprint density at radius 2 is 2.10 bits per heavy atom. The van der Waals surface area contributed by atoms with E-state index in [1.165, 1.54) is 24.0 Å². The average molecular weight is 317 g/mol. The van der Waals surface area contributed by atoms with Gasteiger partial charge >= 0.3 is 0 Å². The second kappa shape index (κ2) is 5.16. The molecule has 0 aliphatic carbocycles. The number of anilines is 1. The van der Waals surface area contributed by atoms with Crippen LogP contribution in [0.1, 0.15) is 23.7 Å². The third-order valence-corrected chi connectivity index (χ3v) is 4.66. The third-order valence-electron chi connectivity index (χ3n) is 3.18. The zero-order valence-corrected chi connectivity index (χ0v) is 12.2. The van der Waals surface area contributed by atoms with Crippen molar-refractivity contribution in [3.05, 3.63) is 28.8 Å². The van der Waals surface area contributed by atoms with E-state index in [2.05, 4.69) is 0 Å². The molecule has 1 atom stereocenters. The van der Waals surface area contributed by atoms with Crippen molar-refractivity contribution in [2.75, 3.05) is 11.4 Å². The maximum atomic E-state index is 12.0. The van der Waals surface area contributed by atoms with Crippen molar-refractivity contribution in [1.29, 1.82) is 0 Å². The molecule has 1 saturated heterocycles. The molecular weight excluding hydrogens is 304 g/mol. The summed E-state index contributed by atoms with van der Waals surface area (Å²) in [7, 11) is -3.79. The van der Waals surface area contributed by atoms with Gasteiger partial charge in [0, 0.05) is 23.6 Å².